The molecule has 0 unspecified atom stereocenters. The summed E-state index contributed by atoms with van der Waals surface area (Å²) in [6.07, 6.45) is 6.42. The van der Waals surface area contributed by atoms with E-state index in [-0.39, 0.29) is 17.7 Å². The zero-order chi connectivity index (χ0) is 23.0. The molecule has 2 aliphatic rings. The average Bonchev–Trinajstić information content (AvgIpc) is 3.38. The molecule has 7 heteroatoms. The number of hydrogen-bond acceptors (Lipinski definition) is 6. The first-order chi connectivity index (χ1) is 16.0. The number of esters is 1. The number of aryl methyl sites for hydroxylation is 1. The quantitative estimate of drug-likeness (QED) is 0.542. The second kappa shape index (κ2) is 8.46. The molecule has 1 aliphatic carbocycles. The number of aromatic nitrogens is 3. The first kappa shape index (κ1) is 21.4. The predicted molar refractivity (Wildman–Crippen MR) is 123 cm³/mol. The molecule has 3 aromatic rings. The number of ether oxygens (including phenoxy) is 2. The summed E-state index contributed by atoms with van der Waals surface area (Å²) in [6.45, 7) is 4.22. The lowest BCUT2D eigenvalue weighted by Gasteiger charge is -2.35. The zero-order valence-corrected chi connectivity index (χ0v) is 18.9. The summed E-state index contributed by atoms with van der Waals surface area (Å²) in [5, 5.41) is 4.24. The summed E-state index contributed by atoms with van der Waals surface area (Å²) in [4.78, 5) is 30.1. The van der Waals surface area contributed by atoms with Crippen LogP contribution in [0.3, 0.4) is 0 Å². The molecule has 2 aromatic heterocycles. The van der Waals surface area contributed by atoms with Crippen LogP contribution in [0.15, 0.2) is 48.9 Å². The van der Waals surface area contributed by atoms with Gasteiger partial charge in [-0.3, -0.25) is 9.59 Å². The first-order valence-corrected chi connectivity index (χ1v) is 11.5. The van der Waals surface area contributed by atoms with Crippen LogP contribution in [-0.4, -0.2) is 38.6 Å². The topological polar surface area (TPSA) is 82.8 Å². The SMILES string of the molecule is CCOC(=O)CC1CCC2(CC1)OC(c1ccc3ncnn3c1)=C(c1cccc(C)c1)C2=O. The lowest BCUT2D eigenvalue weighted by molar-refractivity contribution is -0.145. The standard InChI is InChI=1S/C26H27N3O4/c1-3-32-22(30)14-18-9-11-26(12-10-18)25(31)23(19-6-4-5-17(2)13-19)24(33-26)20-7-8-21-27-16-28-29(21)15-20/h4-8,13,15-16,18H,3,9-12,14H2,1-2H3. The van der Waals surface area contributed by atoms with E-state index in [1.54, 1.807) is 4.52 Å². The Balaban J connectivity index is 1.49. The Morgan fingerprint density at radius 2 is 2.03 bits per heavy atom. The molecule has 3 heterocycles. The molecule has 0 saturated heterocycles. The van der Waals surface area contributed by atoms with Crippen molar-refractivity contribution in [3.05, 3.63) is 65.6 Å². The number of carbonyl (C=O) groups excluding carboxylic acids is 2. The lowest BCUT2D eigenvalue weighted by Crippen LogP contribution is -2.41. The average molecular weight is 446 g/mol. The van der Waals surface area contributed by atoms with Crippen molar-refractivity contribution in [3.8, 4) is 0 Å². The van der Waals surface area contributed by atoms with Gasteiger partial charge >= 0.3 is 5.97 Å². The van der Waals surface area contributed by atoms with Crippen molar-refractivity contribution in [2.75, 3.05) is 6.61 Å². The summed E-state index contributed by atoms with van der Waals surface area (Å²) >= 11 is 0. The van der Waals surface area contributed by atoms with Crippen LogP contribution in [0.25, 0.3) is 17.0 Å². The molecule has 1 spiro atoms. The van der Waals surface area contributed by atoms with Gasteiger partial charge in [0.1, 0.15) is 12.1 Å². The minimum absolute atomic E-state index is 0.0244. The molecule has 170 valence electrons. The van der Waals surface area contributed by atoms with Gasteiger partial charge in [-0.25, -0.2) is 9.50 Å². The van der Waals surface area contributed by atoms with Crippen molar-refractivity contribution < 1.29 is 19.1 Å². The number of carbonyl (C=O) groups is 2. The number of nitrogens with zero attached hydrogens (tertiary/aromatic N) is 3. The van der Waals surface area contributed by atoms with Crippen LogP contribution in [0.2, 0.25) is 0 Å². The minimum Gasteiger partial charge on any atom is -0.478 e. The fourth-order valence-electron chi connectivity index (χ4n) is 4.97. The molecule has 0 amide bonds. The number of hydrogen-bond donors (Lipinski definition) is 0. The summed E-state index contributed by atoms with van der Waals surface area (Å²) in [5.41, 5.74) is 3.19. The maximum atomic E-state index is 13.9. The minimum atomic E-state index is -0.892. The monoisotopic (exact) mass is 445 g/mol. The van der Waals surface area contributed by atoms with Crippen molar-refractivity contribution in [1.82, 2.24) is 14.6 Å². The van der Waals surface area contributed by atoms with E-state index in [0.29, 0.717) is 37.2 Å². The number of pyridine rings is 1. The molecule has 5 rings (SSSR count). The fraction of sp³-hybridized carbons (Fsp3) is 0.385. The molecule has 1 saturated carbocycles. The normalized spacial score (nSPS) is 22.7. The smallest absolute Gasteiger partial charge is 0.306 e. The third-order valence-electron chi connectivity index (χ3n) is 6.68. The van der Waals surface area contributed by atoms with Crippen LogP contribution in [0.4, 0.5) is 0 Å². The number of benzene rings is 1. The van der Waals surface area contributed by atoms with Crippen LogP contribution in [0, 0.1) is 12.8 Å². The summed E-state index contributed by atoms with van der Waals surface area (Å²) < 4.78 is 13.4. The van der Waals surface area contributed by atoms with E-state index in [1.807, 2.05) is 56.4 Å². The van der Waals surface area contributed by atoms with Crippen LogP contribution in [0.1, 0.15) is 55.7 Å². The fourth-order valence-corrected chi connectivity index (χ4v) is 4.97. The highest BCUT2D eigenvalue weighted by Gasteiger charge is 2.51. The molecule has 0 N–H and O–H groups in total. The Bertz CT molecular complexity index is 1250. The second-order valence-electron chi connectivity index (χ2n) is 8.93. The van der Waals surface area contributed by atoms with E-state index >= 15 is 0 Å². The van der Waals surface area contributed by atoms with E-state index in [4.69, 9.17) is 9.47 Å². The zero-order valence-electron chi connectivity index (χ0n) is 18.9. The molecule has 1 aliphatic heterocycles. The number of Topliss-reactive ketones (excluding diaryl/α,β-unsaturated/α-hetero) is 1. The Hall–Kier alpha value is -3.48. The van der Waals surface area contributed by atoms with E-state index in [0.717, 1.165) is 35.2 Å². The van der Waals surface area contributed by atoms with Crippen molar-refractivity contribution in [3.63, 3.8) is 0 Å². The van der Waals surface area contributed by atoms with Crippen LogP contribution >= 0.6 is 0 Å². The molecule has 0 bridgehead atoms. The summed E-state index contributed by atoms with van der Waals surface area (Å²) in [7, 11) is 0. The molecule has 1 aromatic carbocycles. The van der Waals surface area contributed by atoms with Gasteiger partial charge < -0.3 is 9.47 Å². The number of fused-ring (bicyclic) bond motifs is 1. The third-order valence-corrected chi connectivity index (χ3v) is 6.68. The van der Waals surface area contributed by atoms with Gasteiger partial charge in [0.05, 0.1) is 12.2 Å². The van der Waals surface area contributed by atoms with Crippen molar-refractivity contribution in [2.45, 2.75) is 51.6 Å². The van der Waals surface area contributed by atoms with Gasteiger partial charge in [-0.1, -0.05) is 29.8 Å². The Morgan fingerprint density at radius 1 is 1.21 bits per heavy atom. The third kappa shape index (κ3) is 3.92. The Morgan fingerprint density at radius 3 is 2.79 bits per heavy atom. The van der Waals surface area contributed by atoms with E-state index in [2.05, 4.69) is 10.1 Å². The molecular weight excluding hydrogens is 418 g/mol. The van der Waals surface area contributed by atoms with Gasteiger partial charge in [0.15, 0.2) is 11.2 Å². The lowest BCUT2D eigenvalue weighted by atomic mass is 9.74. The molecule has 33 heavy (non-hydrogen) atoms. The van der Waals surface area contributed by atoms with E-state index in [1.165, 1.54) is 6.33 Å². The highest BCUT2D eigenvalue weighted by molar-refractivity contribution is 6.33. The first-order valence-electron chi connectivity index (χ1n) is 11.5. The van der Waals surface area contributed by atoms with Gasteiger partial charge in [-0.15, -0.1) is 0 Å². The van der Waals surface area contributed by atoms with Gasteiger partial charge in [0, 0.05) is 18.2 Å². The molecule has 0 atom stereocenters. The molecule has 7 nitrogen and oxygen atoms in total. The highest BCUT2D eigenvalue weighted by atomic mass is 16.5. The molecular formula is C26H27N3O4. The number of ketones is 1. The largest absolute Gasteiger partial charge is 0.478 e. The van der Waals surface area contributed by atoms with Crippen LogP contribution in [-0.2, 0) is 19.1 Å². The van der Waals surface area contributed by atoms with Crippen molar-refractivity contribution >= 4 is 28.7 Å². The van der Waals surface area contributed by atoms with Crippen LogP contribution in [0.5, 0.6) is 0 Å². The van der Waals surface area contributed by atoms with Gasteiger partial charge in [-0.2, -0.15) is 5.10 Å². The van der Waals surface area contributed by atoms with Gasteiger partial charge in [0.2, 0.25) is 5.78 Å². The summed E-state index contributed by atoms with van der Waals surface area (Å²) in [5.74, 6) is 0.657. The van der Waals surface area contributed by atoms with Crippen molar-refractivity contribution in [2.24, 2.45) is 5.92 Å². The highest BCUT2D eigenvalue weighted by Crippen LogP contribution is 2.49. The van der Waals surface area contributed by atoms with E-state index < -0.39 is 5.60 Å². The Kier molecular flexibility index (Phi) is 5.48. The summed E-state index contributed by atoms with van der Waals surface area (Å²) in [6, 6.07) is 11.8. The molecule has 0 radical (unpaired) electrons. The van der Waals surface area contributed by atoms with Gasteiger partial charge in [0.25, 0.3) is 0 Å². The van der Waals surface area contributed by atoms with E-state index in [9.17, 15) is 9.59 Å². The predicted octanol–water partition coefficient (Wildman–Crippen LogP) is 4.39. The maximum Gasteiger partial charge on any atom is 0.306 e. The maximum absolute atomic E-state index is 13.9. The van der Waals surface area contributed by atoms with Gasteiger partial charge in [-0.05, 0) is 63.1 Å². The number of rotatable bonds is 5. The van der Waals surface area contributed by atoms with Crippen LogP contribution < -0.4 is 0 Å². The Labute approximate surface area is 192 Å². The van der Waals surface area contributed by atoms with Crippen molar-refractivity contribution in [1.29, 1.82) is 0 Å². The second-order valence-corrected chi connectivity index (χ2v) is 8.93. The molecule has 1 fully saturated rings.